The molecule has 0 saturated carbocycles. The minimum absolute atomic E-state index is 0.0300. The van der Waals surface area contributed by atoms with E-state index < -0.39 is 0 Å². The van der Waals surface area contributed by atoms with Crippen molar-refractivity contribution >= 4 is 12.2 Å². The van der Waals surface area contributed by atoms with Gasteiger partial charge in [0, 0.05) is 11.8 Å². The normalized spacial score (nSPS) is 18.6. The van der Waals surface area contributed by atoms with Crippen LogP contribution in [0, 0.1) is 5.41 Å². The molecule has 0 fully saturated rings. The molecule has 2 aliphatic rings. The molecule has 0 bridgehead atoms. The van der Waals surface area contributed by atoms with Gasteiger partial charge in [0.25, 0.3) is 0 Å². The second-order valence-electron chi connectivity index (χ2n) is 10.8. The van der Waals surface area contributed by atoms with Crippen LogP contribution in [-0.4, -0.2) is 0 Å². The lowest BCUT2D eigenvalue weighted by Gasteiger charge is -2.41. The van der Waals surface area contributed by atoms with Crippen molar-refractivity contribution in [3.8, 4) is 22.3 Å². The second-order valence-corrected chi connectivity index (χ2v) is 10.8. The molecule has 2 aliphatic carbocycles. The SMILES string of the molecule is CC1=Cc2c(-c3ccccc3)cccc2C1C(C)(C)C1C(C)=Cc2c(-c3ccccc3)cccc21. The van der Waals surface area contributed by atoms with Crippen molar-refractivity contribution in [2.45, 2.75) is 39.5 Å². The zero-order valence-electron chi connectivity index (χ0n) is 21.0. The first-order valence-electron chi connectivity index (χ1n) is 12.7. The summed E-state index contributed by atoms with van der Waals surface area (Å²) in [6.45, 7) is 9.62. The molecule has 4 aromatic rings. The van der Waals surface area contributed by atoms with Crippen LogP contribution >= 0.6 is 0 Å². The summed E-state index contributed by atoms with van der Waals surface area (Å²) in [6, 6.07) is 35.4. The minimum Gasteiger partial charge on any atom is -0.0646 e. The molecule has 0 nitrogen and oxygen atoms in total. The number of hydrogen-bond acceptors (Lipinski definition) is 0. The molecular formula is C35H32. The van der Waals surface area contributed by atoms with Gasteiger partial charge in [-0.1, -0.05) is 134 Å². The van der Waals surface area contributed by atoms with Gasteiger partial charge in [-0.3, -0.25) is 0 Å². The van der Waals surface area contributed by atoms with Crippen molar-refractivity contribution in [3.63, 3.8) is 0 Å². The van der Waals surface area contributed by atoms with E-state index >= 15 is 0 Å². The zero-order chi connectivity index (χ0) is 24.2. The smallest absolute Gasteiger partial charge is 0.0115 e. The highest BCUT2D eigenvalue weighted by Crippen LogP contribution is 2.59. The lowest BCUT2D eigenvalue weighted by molar-refractivity contribution is 0.275. The van der Waals surface area contributed by atoms with Gasteiger partial charge in [-0.15, -0.1) is 0 Å². The Bertz CT molecular complexity index is 1350. The van der Waals surface area contributed by atoms with Gasteiger partial charge in [0.1, 0.15) is 0 Å². The van der Waals surface area contributed by atoms with Crippen LogP contribution in [0.4, 0.5) is 0 Å². The van der Waals surface area contributed by atoms with Crippen molar-refractivity contribution in [2.75, 3.05) is 0 Å². The van der Waals surface area contributed by atoms with Gasteiger partial charge in [-0.2, -0.15) is 0 Å². The van der Waals surface area contributed by atoms with Crippen molar-refractivity contribution in [1.29, 1.82) is 0 Å². The lowest BCUT2D eigenvalue weighted by atomic mass is 9.62. The lowest BCUT2D eigenvalue weighted by Crippen LogP contribution is -2.29. The number of hydrogen-bond donors (Lipinski definition) is 0. The maximum atomic E-state index is 2.48. The van der Waals surface area contributed by atoms with E-state index in [0.717, 1.165) is 0 Å². The van der Waals surface area contributed by atoms with Crippen LogP contribution in [-0.2, 0) is 0 Å². The fourth-order valence-electron chi connectivity index (χ4n) is 6.99. The van der Waals surface area contributed by atoms with Crippen LogP contribution in [0.2, 0.25) is 0 Å². The summed E-state index contributed by atoms with van der Waals surface area (Å²) in [4.78, 5) is 0. The second kappa shape index (κ2) is 8.24. The molecule has 0 radical (unpaired) electrons. The topological polar surface area (TPSA) is 0 Å². The molecule has 0 heteroatoms. The van der Waals surface area contributed by atoms with Crippen LogP contribution in [0.3, 0.4) is 0 Å². The molecule has 0 amide bonds. The molecule has 0 aliphatic heterocycles. The fraction of sp³-hybridized carbons (Fsp3) is 0.200. The average molecular weight is 453 g/mol. The van der Waals surface area contributed by atoms with Gasteiger partial charge in [-0.25, -0.2) is 0 Å². The highest BCUT2D eigenvalue weighted by Gasteiger charge is 2.45. The van der Waals surface area contributed by atoms with Crippen LogP contribution in [0.1, 0.15) is 61.8 Å². The van der Waals surface area contributed by atoms with Crippen LogP contribution in [0.5, 0.6) is 0 Å². The van der Waals surface area contributed by atoms with E-state index in [1.54, 1.807) is 0 Å². The monoisotopic (exact) mass is 452 g/mol. The Labute approximate surface area is 209 Å². The van der Waals surface area contributed by atoms with E-state index in [0.29, 0.717) is 11.8 Å². The first-order chi connectivity index (χ1) is 17.0. The molecule has 0 spiro atoms. The first kappa shape index (κ1) is 21.9. The number of benzene rings is 4. The van der Waals surface area contributed by atoms with E-state index in [4.69, 9.17) is 0 Å². The maximum Gasteiger partial charge on any atom is 0.0115 e. The van der Waals surface area contributed by atoms with Gasteiger partial charge in [0.05, 0.1) is 0 Å². The number of allylic oxidation sites excluding steroid dienone is 2. The van der Waals surface area contributed by atoms with E-state index in [9.17, 15) is 0 Å². The Morgan fingerprint density at radius 3 is 1.29 bits per heavy atom. The first-order valence-corrected chi connectivity index (χ1v) is 12.7. The van der Waals surface area contributed by atoms with Crippen LogP contribution in [0.25, 0.3) is 34.4 Å². The molecule has 2 atom stereocenters. The Kier molecular flexibility index (Phi) is 5.15. The van der Waals surface area contributed by atoms with Crippen molar-refractivity contribution < 1.29 is 0 Å². The summed E-state index contributed by atoms with van der Waals surface area (Å²) in [7, 11) is 0. The van der Waals surface area contributed by atoms with Crippen LogP contribution < -0.4 is 0 Å². The Morgan fingerprint density at radius 2 is 0.886 bits per heavy atom. The molecule has 6 rings (SSSR count). The molecule has 4 aromatic carbocycles. The molecule has 0 N–H and O–H groups in total. The highest BCUT2D eigenvalue weighted by atomic mass is 14.5. The molecule has 0 aromatic heterocycles. The van der Waals surface area contributed by atoms with Gasteiger partial charge in [-0.05, 0) is 63.8 Å². The molecule has 35 heavy (non-hydrogen) atoms. The molecule has 0 saturated heterocycles. The Morgan fingerprint density at radius 1 is 0.486 bits per heavy atom. The van der Waals surface area contributed by atoms with E-state index in [1.165, 1.54) is 55.7 Å². The van der Waals surface area contributed by atoms with E-state index in [1.807, 2.05) is 0 Å². The van der Waals surface area contributed by atoms with Gasteiger partial charge >= 0.3 is 0 Å². The summed E-state index contributed by atoms with van der Waals surface area (Å²) >= 11 is 0. The van der Waals surface area contributed by atoms with Crippen LogP contribution in [0.15, 0.2) is 108 Å². The number of rotatable bonds is 4. The van der Waals surface area contributed by atoms with Gasteiger partial charge < -0.3 is 0 Å². The third-order valence-corrected chi connectivity index (χ3v) is 8.21. The van der Waals surface area contributed by atoms with Crippen molar-refractivity contribution in [2.24, 2.45) is 5.41 Å². The third-order valence-electron chi connectivity index (χ3n) is 8.21. The highest BCUT2D eigenvalue weighted by molar-refractivity contribution is 5.84. The standard InChI is InChI=1S/C35H32/c1-23-21-31-27(25-13-7-5-8-14-25)17-11-19-29(31)33(23)35(3,4)34-24(2)22-32-28(18-12-20-30(32)34)26-15-9-6-10-16-26/h5-22,33-34H,1-4H3. The van der Waals surface area contributed by atoms with Crippen molar-refractivity contribution in [1.82, 2.24) is 0 Å². The summed E-state index contributed by atoms with van der Waals surface area (Å²) in [5.74, 6) is 0.752. The fourth-order valence-corrected chi connectivity index (χ4v) is 6.99. The number of fused-ring (bicyclic) bond motifs is 2. The summed E-state index contributed by atoms with van der Waals surface area (Å²) in [5, 5.41) is 0. The quantitative estimate of drug-likeness (QED) is 0.289. The molecular weight excluding hydrogens is 420 g/mol. The maximum absolute atomic E-state index is 2.48. The van der Waals surface area contributed by atoms with Gasteiger partial charge in [0.2, 0.25) is 0 Å². The summed E-state index contributed by atoms with van der Waals surface area (Å²) < 4.78 is 0. The van der Waals surface area contributed by atoms with E-state index in [-0.39, 0.29) is 5.41 Å². The zero-order valence-corrected chi connectivity index (χ0v) is 21.0. The third kappa shape index (κ3) is 3.43. The van der Waals surface area contributed by atoms with Crippen molar-refractivity contribution in [3.05, 3.63) is 130 Å². The van der Waals surface area contributed by atoms with E-state index in [2.05, 4.69) is 137 Å². The largest absolute Gasteiger partial charge is 0.0646 e. The molecule has 0 heterocycles. The Balaban J connectivity index is 1.46. The molecule has 172 valence electrons. The Hall–Kier alpha value is -3.64. The average Bonchev–Trinajstić information content (AvgIpc) is 3.41. The minimum atomic E-state index is 0.0300. The summed E-state index contributed by atoms with van der Waals surface area (Å²) in [5.41, 5.74) is 14.0. The predicted octanol–water partition coefficient (Wildman–Crippen LogP) is 9.75. The molecule has 2 unspecified atom stereocenters. The summed E-state index contributed by atoms with van der Waals surface area (Å²) in [6.07, 6.45) is 4.89. The predicted molar refractivity (Wildman–Crippen MR) is 150 cm³/mol. The van der Waals surface area contributed by atoms with Gasteiger partial charge in [0.15, 0.2) is 0 Å².